The van der Waals surface area contributed by atoms with Gasteiger partial charge in [-0.05, 0) is 49.7 Å². The first-order valence-electron chi connectivity index (χ1n) is 7.72. The van der Waals surface area contributed by atoms with Crippen LogP contribution < -0.4 is 10.3 Å². The van der Waals surface area contributed by atoms with Crippen LogP contribution in [0.5, 0.6) is 5.75 Å². The average Bonchev–Trinajstić information content (AvgIpc) is 2.59. The number of phenolic OH excluding ortho intramolecular Hbond substituents is 1. The molecule has 0 aliphatic heterocycles. The maximum absolute atomic E-state index is 12.0. The number of benzene rings is 2. The van der Waals surface area contributed by atoms with Gasteiger partial charge in [0.1, 0.15) is 5.75 Å². The zero-order valence-electron chi connectivity index (χ0n) is 13.7. The number of hydrogen-bond donors (Lipinski definition) is 2. The minimum atomic E-state index is -0.468. The third-order valence-electron chi connectivity index (χ3n) is 3.60. The maximum atomic E-state index is 12.0. The fourth-order valence-electron chi connectivity index (χ4n) is 2.28. The average molecular weight is 390 g/mol. The lowest BCUT2D eigenvalue weighted by molar-refractivity contribution is 0.0952. The molecule has 0 spiro atoms. The third-order valence-corrected chi connectivity index (χ3v) is 4.10. The van der Waals surface area contributed by atoms with Crippen molar-refractivity contribution >= 4 is 33.7 Å². The number of halogens is 1. The molecule has 2 aromatic rings. The zero-order chi connectivity index (χ0) is 17.5. The highest BCUT2D eigenvalue weighted by atomic mass is 79.9. The minimum absolute atomic E-state index is 0.0884. The zero-order valence-corrected chi connectivity index (χ0v) is 15.2. The van der Waals surface area contributed by atoms with Gasteiger partial charge >= 0.3 is 0 Å². The van der Waals surface area contributed by atoms with Crippen molar-refractivity contribution in [2.75, 3.05) is 18.0 Å². The van der Waals surface area contributed by atoms with Crippen molar-refractivity contribution in [2.45, 2.75) is 13.8 Å². The summed E-state index contributed by atoms with van der Waals surface area (Å²) < 4.78 is 0.710. The normalized spacial score (nSPS) is 10.8. The lowest BCUT2D eigenvalue weighted by atomic mass is 10.2. The Morgan fingerprint density at radius 3 is 2.50 bits per heavy atom. The highest BCUT2D eigenvalue weighted by Crippen LogP contribution is 2.21. The van der Waals surface area contributed by atoms with Crippen molar-refractivity contribution in [3.63, 3.8) is 0 Å². The summed E-state index contributed by atoms with van der Waals surface area (Å²) in [7, 11) is 0. The van der Waals surface area contributed by atoms with Gasteiger partial charge in [-0.2, -0.15) is 5.10 Å². The molecule has 6 heteroatoms. The van der Waals surface area contributed by atoms with Crippen molar-refractivity contribution in [1.82, 2.24) is 5.43 Å². The van der Waals surface area contributed by atoms with Gasteiger partial charge in [-0.1, -0.05) is 28.1 Å². The molecule has 24 heavy (non-hydrogen) atoms. The SMILES string of the molecule is CCN(CC)c1ccc(C=NNC(=O)c2cc(Br)ccc2O)cc1. The quantitative estimate of drug-likeness (QED) is 0.583. The number of amides is 1. The molecular formula is C18H20BrN3O2. The van der Waals surface area contributed by atoms with E-state index in [-0.39, 0.29) is 11.3 Å². The van der Waals surface area contributed by atoms with Gasteiger partial charge in [-0.25, -0.2) is 5.43 Å². The lowest BCUT2D eigenvalue weighted by Gasteiger charge is -2.20. The van der Waals surface area contributed by atoms with E-state index in [0.717, 1.165) is 24.3 Å². The summed E-state index contributed by atoms with van der Waals surface area (Å²) in [4.78, 5) is 14.3. The summed E-state index contributed by atoms with van der Waals surface area (Å²) in [5, 5.41) is 13.7. The molecule has 0 atom stereocenters. The van der Waals surface area contributed by atoms with E-state index in [9.17, 15) is 9.90 Å². The van der Waals surface area contributed by atoms with Crippen LogP contribution >= 0.6 is 15.9 Å². The van der Waals surface area contributed by atoms with Crippen molar-refractivity contribution in [3.8, 4) is 5.75 Å². The number of anilines is 1. The molecule has 0 aliphatic carbocycles. The number of carbonyl (C=O) groups excluding carboxylic acids is 1. The van der Waals surface area contributed by atoms with Crippen LogP contribution in [0.2, 0.25) is 0 Å². The molecule has 0 aromatic heterocycles. The molecule has 0 unspecified atom stereocenters. The van der Waals surface area contributed by atoms with Gasteiger partial charge in [-0.15, -0.1) is 0 Å². The van der Waals surface area contributed by atoms with Crippen molar-refractivity contribution in [3.05, 3.63) is 58.1 Å². The maximum Gasteiger partial charge on any atom is 0.275 e. The van der Waals surface area contributed by atoms with Gasteiger partial charge < -0.3 is 10.0 Å². The number of nitrogens with zero attached hydrogens (tertiary/aromatic N) is 2. The van der Waals surface area contributed by atoms with E-state index in [2.05, 4.69) is 45.2 Å². The molecule has 0 heterocycles. The Bertz CT molecular complexity index is 726. The molecule has 0 aliphatic rings. The smallest absolute Gasteiger partial charge is 0.275 e. The number of carbonyl (C=O) groups is 1. The van der Waals surface area contributed by atoms with Gasteiger partial charge in [0.15, 0.2) is 0 Å². The summed E-state index contributed by atoms with van der Waals surface area (Å²) in [6, 6.07) is 12.6. The lowest BCUT2D eigenvalue weighted by Crippen LogP contribution is -2.21. The third kappa shape index (κ3) is 4.58. The van der Waals surface area contributed by atoms with Crippen molar-refractivity contribution in [1.29, 1.82) is 0 Å². The van der Waals surface area contributed by atoms with Gasteiger partial charge in [0, 0.05) is 23.2 Å². The fourth-order valence-corrected chi connectivity index (χ4v) is 2.64. The predicted molar refractivity (Wildman–Crippen MR) is 101 cm³/mol. The molecule has 0 saturated heterocycles. The molecule has 0 fully saturated rings. The number of phenols is 1. The first-order valence-corrected chi connectivity index (χ1v) is 8.51. The first-order chi connectivity index (χ1) is 11.5. The molecule has 2 aromatic carbocycles. The molecule has 0 saturated carbocycles. The Kier molecular flexibility index (Phi) is 6.37. The molecule has 0 bridgehead atoms. The van der Waals surface area contributed by atoms with Crippen molar-refractivity contribution in [2.24, 2.45) is 5.10 Å². The number of aromatic hydroxyl groups is 1. The monoisotopic (exact) mass is 389 g/mol. The summed E-state index contributed by atoms with van der Waals surface area (Å²) in [6.07, 6.45) is 1.57. The van der Waals surface area contributed by atoms with Crippen LogP contribution in [0.3, 0.4) is 0 Å². The summed E-state index contributed by atoms with van der Waals surface area (Å²) in [5.74, 6) is -0.556. The number of nitrogens with one attached hydrogen (secondary N) is 1. The highest BCUT2D eigenvalue weighted by Gasteiger charge is 2.10. The van der Waals surface area contributed by atoms with Crippen molar-refractivity contribution < 1.29 is 9.90 Å². The summed E-state index contributed by atoms with van der Waals surface area (Å²) in [5.41, 5.74) is 4.61. The molecule has 1 amide bonds. The summed E-state index contributed by atoms with van der Waals surface area (Å²) >= 11 is 3.27. The van der Waals surface area contributed by atoms with E-state index < -0.39 is 5.91 Å². The van der Waals surface area contributed by atoms with Crippen LogP contribution in [-0.4, -0.2) is 30.3 Å². The Morgan fingerprint density at radius 1 is 1.21 bits per heavy atom. The molecule has 126 valence electrons. The number of hydrazone groups is 1. The van der Waals surface area contributed by atoms with E-state index in [4.69, 9.17) is 0 Å². The molecule has 2 N–H and O–H groups in total. The molecular weight excluding hydrogens is 370 g/mol. The predicted octanol–water partition coefficient (Wildman–Crippen LogP) is 3.76. The van der Waals surface area contributed by atoms with Crippen LogP contribution in [0, 0.1) is 0 Å². The summed E-state index contributed by atoms with van der Waals surface area (Å²) in [6.45, 7) is 6.14. The van der Waals surface area contributed by atoms with Gasteiger partial charge in [-0.3, -0.25) is 4.79 Å². The van der Waals surface area contributed by atoms with Gasteiger partial charge in [0.2, 0.25) is 0 Å². The molecule has 2 rings (SSSR count). The minimum Gasteiger partial charge on any atom is -0.507 e. The van der Waals surface area contributed by atoms with Crippen LogP contribution in [0.1, 0.15) is 29.8 Å². The van der Waals surface area contributed by atoms with E-state index in [1.165, 1.54) is 6.07 Å². The largest absolute Gasteiger partial charge is 0.507 e. The van der Waals surface area contributed by atoms with E-state index in [1.807, 2.05) is 24.3 Å². The van der Waals surface area contributed by atoms with E-state index in [0.29, 0.717) is 4.47 Å². The number of hydrogen-bond acceptors (Lipinski definition) is 4. The number of rotatable bonds is 6. The van der Waals surface area contributed by atoms with Crippen LogP contribution in [0.25, 0.3) is 0 Å². The Morgan fingerprint density at radius 2 is 1.88 bits per heavy atom. The Hall–Kier alpha value is -2.34. The molecule has 5 nitrogen and oxygen atoms in total. The fraction of sp³-hybridized carbons (Fsp3) is 0.222. The van der Waals surface area contributed by atoms with Gasteiger partial charge in [0.25, 0.3) is 5.91 Å². The second-order valence-electron chi connectivity index (χ2n) is 5.12. The van der Waals surface area contributed by atoms with E-state index in [1.54, 1.807) is 18.3 Å². The van der Waals surface area contributed by atoms with E-state index >= 15 is 0 Å². The van der Waals surface area contributed by atoms with Crippen LogP contribution in [0.4, 0.5) is 5.69 Å². The van der Waals surface area contributed by atoms with Crippen LogP contribution in [-0.2, 0) is 0 Å². The molecule has 0 radical (unpaired) electrons. The second kappa shape index (κ2) is 8.49. The van der Waals surface area contributed by atoms with Gasteiger partial charge in [0.05, 0.1) is 11.8 Å². The topological polar surface area (TPSA) is 64.9 Å². The first kappa shape index (κ1) is 18.0. The Labute approximate surface area is 150 Å². The highest BCUT2D eigenvalue weighted by molar-refractivity contribution is 9.10. The Balaban J connectivity index is 2.01. The van der Waals surface area contributed by atoms with Crippen LogP contribution in [0.15, 0.2) is 52.0 Å². The standard InChI is InChI=1S/C18H20BrN3O2/c1-3-22(4-2)15-8-5-13(6-9-15)12-20-21-18(24)16-11-14(19)7-10-17(16)23/h5-12,23H,3-4H2,1-2H3,(H,21,24). The second-order valence-corrected chi connectivity index (χ2v) is 6.04.